The largest absolute Gasteiger partial charge is 0.381 e. The van der Waals surface area contributed by atoms with Crippen molar-refractivity contribution < 1.29 is 0 Å². The van der Waals surface area contributed by atoms with E-state index in [1.807, 2.05) is 6.07 Å². The Kier molecular flexibility index (Phi) is 7.48. The summed E-state index contributed by atoms with van der Waals surface area (Å²) >= 11 is 0. The van der Waals surface area contributed by atoms with Crippen LogP contribution in [0.25, 0.3) is 0 Å². The highest BCUT2D eigenvalue weighted by atomic mass is 14.9. The molecule has 2 nitrogen and oxygen atoms in total. The molecule has 0 spiro atoms. The smallest absolute Gasteiger partial charge is 0.0383 e. The molecular weight excluding hydrogens is 208 g/mol. The molecule has 0 aliphatic rings. The first kappa shape index (κ1) is 14.0. The summed E-state index contributed by atoms with van der Waals surface area (Å²) in [6.07, 6.45) is 7.82. The summed E-state index contributed by atoms with van der Waals surface area (Å²) in [5.41, 5.74) is 6.98. The molecule has 0 fully saturated rings. The first-order valence-corrected chi connectivity index (χ1v) is 6.88. The van der Waals surface area contributed by atoms with E-state index >= 15 is 0 Å². The van der Waals surface area contributed by atoms with Crippen molar-refractivity contribution >= 4 is 5.69 Å². The third-order valence-corrected chi connectivity index (χ3v) is 3.09. The molecular formula is C15H26N2. The summed E-state index contributed by atoms with van der Waals surface area (Å²) in [5, 5.41) is 3.49. The van der Waals surface area contributed by atoms with Gasteiger partial charge in [-0.05, 0) is 18.6 Å². The lowest BCUT2D eigenvalue weighted by Crippen LogP contribution is -2.28. The van der Waals surface area contributed by atoms with E-state index in [1.54, 1.807) is 0 Å². The molecule has 0 amide bonds. The summed E-state index contributed by atoms with van der Waals surface area (Å²) < 4.78 is 0. The lowest BCUT2D eigenvalue weighted by molar-refractivity contribution is 0.563. The molecule has 1 aromatic carbocycles. The SMILES string of the molecule is CCCCCCCC(CN)Nc1ccccc1. The minimum atomic E-state index is 0.416. The predicted molar refractivity (Wildman–Crippen MR) is 76.3 cm³/mol. The molecule has 0 bridgehead atoms. The Morgan fingerprint density at radius 2 is 1.76 bits per heavy atom. The molecule has 3 N–H and O–H groups in total. The Bertz CT molecular complexity index is 272. The zero-order valence-electron chi connectivity index (χ0n) is 11.0. The Labute approximate surface area is 106 Å². The average molecular weight is 234 g/mol. The van der Waals surface area contributed by atoms with Crippen LogP contribution in [0.1, 0.15) is 45.4 Å². The van der Waals surface area contributed by atoms with Gasteiger partial charge in [0.05, 0.1) is 0 Å². The van der Waals surface area contributed by atoms with Crippen molar-refractivity contribution in [1.82, 2.24) is 0 Å². The number of anilines is 1. The molecule has 0 aromatic heterocycles. The minimum absolute atomic E-state index is 0.416. The lowest BCUT2D eigenvalue weighted by Gasteiger charge is -2.18. The van der Waals surface area contributed by atoms with E-state index in [1.165, 1.54) is 44.2 Å². The van der Waals surface area contributed by atoms with Gasteiger partial charge in [0.25, 0.3) is 0 Å². The van der Waals surface area contributed by atoms with Crippen molar-refractivity contribution in [2.75, 3.05) is 11.9 Å². The molecule has 17 heavy (non-hydrogen) atoms. The van der Waals surface area contributed by atoms with Crippen molar-refractivity contribution in [2.45, 2.75) is 51.5 Å². The van der Waals surface area contributed by atoms with Crippen LogP contribution < -0.4 is 11.1 Å². The maximum absolute atomic E-state index is 5.80. The van der Waals surface area contributed by atoms with Crippen LogP contribution in [0.4, 0.5) is 5.69 Å². The van der Waals surface area contributed by atoms with E-state index < -0.39 is 0 Å². The highest BCUT2D eigenvalue weighted by Gasteiger charge is 2.05. The van der Waals surface area contributed by atoms with Crippen molar-refractivity contribution in [3.8, 4) is 0 Å². The van der Waals surface area contributed by atoms with Gasteiger partial charge in [0, 0.05) is 18.3 Å². The highest BCUT2D eigenvalue weighted by Crippen LogP contribution is 2.12. The van der Waals surface area contributed by atoms with Gasteiger partial charge in [-0.2, -0.15) is 0 Å². The second kappa shape index (κ2) is 9.06. The fourth-order valence-corrected chi connectivity index (χ4v) is 2.01. The third-order valence-electron chi connectivity index (χ3n) is 3.09. The van der Waals surface area contributed by atoms with Crippen LogP contribution in [0.5, 0.6) is 0 Å². The van der Waals surface area contributed by atoms with Crippen LogP contribution in [0, 0.1) is 0 Å². The molecule has 1 rings (SSSR count). The Hall–Kier alpha value is -1.02. The van der Waals surface area contributed by atoms with E-state index in [9.17, 15) is 0 Å². The van der Waals surface area contributed by atoms with Crippen LogP contribution in [0.3, 0.4) is 0 Å². The summed E-state index contributed by atoms with van der Waals surface area (Å²) in [4.78, 5) is 0. The minimum Gasteiger partial charge on any atom is -0.381 e. The third kappa shape index (κ3) is 6.32. The molecule has 2 heteroatoms. The van der Waals surface area contributed by atoms with Crippen molar-refractivity contribution in [1.29, 1.82) is 0 Å². The second-order valence-electron chi connectivity index (χ2n) is 4.65. The number of benzene rings is 1. The monoisotopic (exact) mass is 234 g/mol. The molecule has 0 heterocycles. The zero-order valence-corrected chi connectivity index (χ0v) is 11.0. The fraction of sp³-hybridized carbons (Fsp3) is 0.600. The van der Waals surface area contributed by atoms with Gasteiger partial charge in [0.1, 0.15) is 0 Å². The zero-order chi connectivity index (χ0) is 12.3. The van der Waals surface area contributed by atoms with Gasteiger partial charge in [0.2, 0.25) is 0 Å². The summed E-state index contributed by atoms with van der Waals surface area (Å²) in [6.45, 7) is 2.96. The van der Waals surface area contributed by atoms with Gasteiger partial charge < -0.3 is 11.1 Å². The van der Waals surface area contributed by atoms with Crippen molar-refractivity contribution in [3.05, 3.63) is 30.3 Å². The number of hydrogen-bond donors (Lipinski definition) is 2. The van der Waals surface area contributed by atoms with Crippen molar-refractivity contribution in [2.24, 2.45) is 5.73 Å². The average Bonchev–Trinajstić information content (AvgIpc) is 2.38. The van der Waals surface area contributed by atoms with Crippen LogP contribution in [-0.2, 0) is 0 Å². The molecule has 1 atom stereocenters. The first-order valence-electron chi connectivity index (χ1n) is 6.88. The molecule has 0 saturated heterocycles. The van der Waals surface area contributed by atoms with Gasteiger partial charge in [-0.15, -0.1) is 0 Å². The van der Waals surface area contributed by atoms with Crippen LogP contribution >= 0.6 is 0 Å². The van der Waals surface area contributed by atoms with E-state index in [0.717, 1.165) is 0 Å². The van der Waals surface area contributed by atoms with Crippen LogP contribution in [-0.4, -0.2) is 12.6 Å². The summed E-state index contributed by atoms with van der Waals surface area (Å²) in [6, 6.07) is 10.8. The molecule has 0 aliphatic carbocycles. The number of rotatable bonds is 9. The van der Waals surface area contributed by atoms with Crippen molar-refractivity contribution in [3.63, 3.8) is 0 Å². The summed E-state index contributed by atoms with van der Waals surface area (Å²) in [5.74, 6) is 0. The number of nitrogens with one attached hydrogen (secondary N) is 1. The number of unbranched alkanes of at least 4 members (excludes halogenated alkanes) is 4. The second-order valence-corrected chi connectivity index (χ2v) is 4.65. The number of para-hydroxylation sites is 1. The topological polar surface area (TPSA) is 38.0 Å². The van der Waals surface area contributed by atoms with E-state index in [0.29, 0.717) is 12.6 Å². The first-order chi connectivity index (χ1) is 8.36. The normalized spacial score (nSPS) is 12.4. The molecule has 1 aromatic rings. The Morgan fingerprint density at radius 1 is 1.06 bits per heavy atom. The molecule has 96 valence electrons. The fourth-order valence-electron chi connectivity index (χ4n) is 2.01. The number of nitrogens with two attached hydrogens (primary N) is 1. The highest BCUT2D eigenvalue weighted by molar-refractivity contribution is 5.43. The molecule has 1 unspecified atom stereocenters. The van der Waals surface area contributed by atoms with E-state index in [-0.39, 0.29) is 0 Å². The predicted octanol–water partition coefficient (Wildman–Crippen LogP) is 3.79. The Balaban J connectivity index is 2.20. The standard InChI is InChI=1S/C15H26N2/c1-2-3-4-5-7-12-15(13-16)17-14-10-8-6-9-11-14/h6,8-11,15,17H,2-5,7,12-13,16H2,1H3. The van der Waals surface area contributed by atoms with Gasteiger partial charge in [-0.3, -0.25) is 0 Å². The maximum Gasteiger partial charge on any atom is 0.0383 e. The molecule has 0 saturated carbocycles. The quantitative estimate of drug-likeness (QED) is 0.638. The summed E-state index contributed by atoms with van der Waals surface area (Å²) in [7, 11) is 0. The van der Waals surface area contributed by atoms with E-state index in [4.69, 9.17) is 5.73 Å². The Morgan fingerprint density at radius 3 is 2.41 bits per heavy atom. The van der Waals surface area contributed by atoms with Crippen LogP contribution in [0.2, 0.25) is 0 Å². The molecule has 0 aliphatic heterocycles. The lowest BCUT2D eigenvalue weighted by atomic mass is 10.1. The van der Waals surface area contributed by atoms with Gasteiger partial charge in [0.15, 0.2) is 0 Å². The van der Waals surface area contributed by atoms with Gasteiger partial charge >= 0.3 is 0 Å². The van der Waals surface area contributed by atoms with Gasteiger partial charge in [-0.1, -0.05) is 57.2 Å². The van der Waals surface area contributed by atoms with Gasteiger partial charge in [-0.25, -0.2) is 0 Å². The van der Waals surface area contributed by atoms with Crippen LogP contribution in [0.15, 0.2) is 30.3 Å². The molecule has 0 radical (unpaired) electrons. The number of hydrogen-bond acceptors (Lipinski definition) is 2. The van der Waals surface area contributed by atoms with E-state index in [2.05, 4.69) is 36.5 Å². The maximum atomic E-state index is 5.80.